The van der Waals surface area contributed by atoms with E-state index in [0.29, 0.717) is 0 Å². The van der Waals surface area contributed by atoms with Crippen LogP contribution in [0.2, 0.25) is 5.02 Å². The number of aryl methyl sites for hydroxylation is 1. The lowest BCUT2D eigenvalue weighted by atomic mass is 10.2. The summed E-state index contributed by atoms with van der Waals surface area (Å²) in [5, 5.41) is 4.77. The number of nitrogens with zero attached hydrogens (tertiary/aromatic N) is 2. The standard InChI is InChI=1S/C10H8ClN2/c1-8-7-9(11)3-4-10(8)13-6-2-5-12-13/h2-4,6-7H,1H3. The summed E-state index contributed by atoms with van der Waals surface area (Å²) < 4.78 is 1.77. The monoisotopic (exact) mass is 191 g/mol. The minimum Gasteiger partial charge on any atom is -0.240 e. The van der Waals surface area contributed by atoms with E-state index in [1.807, 2.05) is 31.3 Å². The first-order valence-electron chi connectivity index (χ1n) is 3.95. The molecule has 3 heteroatoms. The van der Waals surface area contributed by atoms with Gasteiger partial charge in [-0.1, -0.05) is 11.6 Å². The summed E-state index contributed by atoms with van der Waals surface area (Å²) in [4.78, 5) is 0. The van der Waals surface area contributed by atoms with Gasteiger partial charge in [0.2, 0.25) is 0 Å². The highest BCUT2D eigenvalue weighted by Crippen LogP contribution is 2.17. The van der Waals surface area contributed by atoms with Crippen LogP contribution in [0.15, 0.2) is 30.5 Å². The number of halogens is 1. The summed E-state index contributed by atoms with van der Waals surface area (Å²) in [5.41, 5.74) is 2.13. The smallest absolute Gasteiger partial charge is 0.113 e. The maximum atomic E-state index is 5.84. The van der Waals surface area contributed by atoms with E-state index in [1.54, 1.807) is 10.7 Å². The molecular weight excluding hydrogens is 184 g/mol. The quantitative estimate of drug-likeness (QED) is 0.678. The van der Waals surface area contributed by atoms with Crippen molar-refractivity contribution < 1.29 is 0 Å². The largest absolute Gasteiger partial charge is 0.240 e. The molecule has 2 rings (SSSR count). The van der Waals surface area contributed by atoms with Gasteiger partial charge in [0.1, 0.15) is 6.20 Å². The van der Waals surface area contributed by atoms with E-state index in [-0.39, 0.29) is 0 Å². The highest BCUT2D eigenvalue weighted by molar-refractivity contribution is 6.30. The van der Waals surface area contributed by atoms with Crippen molar-refractivity contribution in [1.82, 2.24) is 9.78 Å². The fraction of sp³-hybridized carbons (Fsp3) is 0.100. The van der Waals surface area contributed by atoms with Crippen molar-refractivity contribution in [2.75, 3.05) is 0 Å². The van der Waals surface area contributed by atoms with Crippen molar-refractivity contribution in [2.45, 2.75) is 6.92 Å². The summed E-state index contributed by atoms with van der Waals surface area (Å²) in [7, 11) is 0. The number of benzene rings is 1. The molecule has 1 radical (unpaired) electrons. The maximum Gasteiger partial charge on any atom is 0.113 e. The van der Waals surface area contributed by atoms with E-state index in [0.717, 1.165) is 16.3 Å². The van der Waals surface area contributed by atoms with Crippen molar-refractivity contribution >= 4 is 11.6 Å². The Hall–Kier alpha value is -1.28. The Balaban J connectivity index is 2.53. The number of hydrogen-bond donors (Lipinski definition) is 0. The minimum atomic E-state index is 0.748. The molecule has 0 aliphatic rings. The average Bonchev–Trinajstić information content (AvgIpc) is 2.56. The lowest BCUT2D eigenvalue weighted by molar-refractivity contribution is 0.869. The molecule has 0 unspecified atom stereocenters. The molecule has 1 aromatic heterocycles. The van der Waals surface area contributed by atoms with Crippen molar-refractivity contribution in [2.24, 2.45) is 0 Å². The highest BCUT2D eigenvalue weighted by atomic mass is 35.5. The van der Waals surface area contributed by atoms with Gasteiger partial charge >= 0.3 is 0 Å². The lowest BCUT2D eigenvalue weighted by Gasteiger charge is -2.05. The minimum absolute atomic E-state index is 0.748. The molecule has 0 atom stereocenters. The molecule has 0 aliphatic carbocycles. The third-order valence-electron chi connectivity index (χ3n) is 1.86. The van der Waals surface area contributed by atoms with Crippen molar-refractivity contribution in [1.29, 1.82) is 0 Å². The molecule has 2 aromatic rings. The molecule has 0 bridgehead atoms. The van der Waals surface area contributed by atoms with Crippen LogP contribution in [-0.2, 0) is 0 Å². The van der Waals surface area contributed by atoms with Crippen molar-refractivity contribution in [3.63, 3.8) is 0 Å². The Morgan fingerprint density at radius 3 is 2.92 bits per heavy atom. The normalized spacial score (nSPS) is 10.3. The van der Waals surface area contributed by atoms with Crippen LogP contribution in [-0.4, -0.2) is 9.78 Å². The second-order valence-electron chi connectivity index (χ2n) is 2.82. The van der Waals surface area contributed by atoms with Crippen LogP contribution in [0.3, 0.4) is 0 Å². The van der Waals surface area contributed by atoms with Crippen molar-refractivity contribution in [3.05, 3.63) is 47.2 Å². The number of aromatic nitrogens is 2. The van der Waals surface area contributed by atoms with Gasteiger partial charge < -0.3 is 0 Å². The molecule has 0 amide bonds. The number of hydrogen-bond acceptors (Lipinski definition) is 1. The molecule has 1 aromatic carbocycles. The van der Waals surface area contributed by atoms with E-state index < -0.39 is 0 Å². The second kappa shape index (κ2) is 3.23. The Kier molecular flexibility index (Phi) is 2.07. The van der Waals surface area contributed by atoms with Gasteiger partial charge in [-0.25, -0.2) is 4.68 Å². The van der Waals surface area contributed by atoms with E-state index in [4.69, 9.17) is 11.6 Å². The number of rotatable bonds is 1. The first-order chi connectivity index (χ1) is 6.27. The summed E-state index contributed by atoms with van der Waals surface area (Å²) in [5.74, 6) is 0. The van der Waals surface area contributed by atoms with Crippen LogP contribution in [0, 0.1) is 13.1 Å². The molecule has 0 fully saturated rings. The molecular formula is C10H8ClN2. The third kappa shape index (κ3) is 1.58. The van der Waals surface area contributed by atoms with E-state index in [9.17, 15) is 0 Å². The average molecular weight is 192 g/mol. The Morgan fingerprint density at radius 1 is 1.46 bits per heavy atom. The molecule has 0 saturated carbocycles. The predicted molar refractivity (Wildman–Crippen MR) is 52.1 cm³/mol. The molecule has 0 saturated heterocycles. The Bertz CT molecular complexity index is 407. The molecule has 0 aliphatic heterocycles. The van der Waals surface area contributed by atoms with E-state index in [2.05, 4.69) is 11.3 Å². The second-order valence-corrected chi connectivity index (χ2v) is 3.26. The SMILES string of the molecule is Cc1cc(Cl)ccc1-n1cc[c]n1. The molecule has 1 heterocycles. The maximum absolute atomic E-state index is 5.84. The molecule has 65 valence electrons. The lowest BCUT2D eigenvalue weighted by Crippen LogP contribution is -1.96. The zero-order valence-corrected chi connectivity index (χ0v) is 7.92. The Labute approximate surface area is 81.8 Å². The molecule has 0 spiro atoms. The van der Waals surface area contributed by atoms with E-state index in [1.165, 1.54) is 0 Å². The third-order valence-corrected chi connectivity index (χ3v) is 2.10. The fourth-order valence-corrected chi connectivity index (χ4v) is 1.47. The fourth-order valence-electron chi connectivity index (χ4n) is 1.24. The van der Waals surface area contributed by atoms with Gasteiger partial charge in [0.25, 0.3) is 0 Å². The van der Waals surface area contributed by atoms with Gasteiger partial charge in [0.15, 0.2) is 0 Å². The first kappa shape index (κ1) is 8.32. The molecule has 13 heavy (non-hydrogen) atoms. The topological polar surface area (TPSA) is 17.8 Å². The summed E-state index contributed by atoms with van der Waals surface area (Å²) >= 11 is 5.84. The van der Waals surface area contributed by atoms with E-state index >= 15 is 0 Å². The van der Waals surface area contributed by atoms with Crippen LogP contribution in [0.4, 0.5) is 0 Å². The van der Waals surface area contributed by atoms with Gasteiger partial charge in [-0.3, -0.25) is 0 Å². The summed E-state index contributed by atoms with van der Waals surface area (Å²) in [6.45, 7) is 2.00. The zero-order chi connectivity index (χ0) is 9.26. The Morgan fingerprint density at radius 2 is 2.31 bits per heavy atom. The van der Waals surface area contributed by atoms with Crippen LogP contribution in [0.1, 0.15) is 5.56 Å². The van der Waals surface area contributed by atoms with Crippen LogP contribution in [0.25, 0.3) is 5.69 Å². The van der Waals surface area contributed by atoms with Gasteiger partial charge in [-0.2, -0.15) is 5.10 Å². The summed E-state index contributed by atoms with van der Waals surface area (Å²) in [6.07, 6.45) is 4.61. The molecule has 0 N–H and O–H groups in total. The van der Waals surface area contributed by atoms with Crippen LogP contribution >= 0.6 is 11.6 Å². The van der Waals surface area contributed by atoms with Crippen LogP contribution in [0.5, 0.6) is 0 Å². The van der Waals surface area contributed by atoms with Gasteiger partial charge in [0.05, 0.1) is 5.69 Å². The molecule has 2 nitrogen and oxygen atoms in total. The van der Waals surface area contributed by atoms with Gasteiger partial charge in [0, 0.05) is 11.2 Å². The van der Waals surface area contributed by atoms with Crippen molar-refractivity contribution in [3.8, 4) is 5.69 Å². The van der Waals surface area contributed by atoms with Gasteiger partial charge in [-0.05, 0) is 36.8 Å². The highest BCUT2D eigenvalue weighted by Gasteiger charge is 2.00. The first-order valence-corrected chi connectivity index (χ1v) is 4.33. The zero-order valence-electron chi connectivity index (χ0n) is 7.16. The summed E-state index contributed by atoms with van der Waals surface area (Å²) in [6, 6.07) is 7.48. The predicted octanol–water partition coefficient (Wildman–Crippen LogP) is 2.63. The van der Waals surface area contributed by atoms with Gasteiger partial charge in [-0.15, -0.1) is 0 Å². The van der Waals surface area contributed by atoms with Crippen LogP contribution < -0.4 is 0 Å².